The summed E-state index contributed by atoms with van der Waals surface area (Å²) in [5, 5.41) is 9.95. The molecule has 3 heterocycles. The van der Waals surface area contributed by atoms with Gasteiger partial charge in [0.15, 0.2) is 0 Å². The van der Waals surface area contributed by atoms with Crippen LogP contribution in [0.25, 0.3) is 10.9 Å². The average Bonchev–Trinajstić information content (AvgIpc) is 3.15. The fraction of sp³-hybridized carbons (Fsp3) is 0.200. The van der Waals surface area contributed by atoms with Gasteiger partial charge in [0.1, 0.15) is 12.8 Å². The van der Waals surface area contributed by atoms with Gasteiger partial charge in [0.2, 0.25) is 0 Å². The van der Waals surface area contributed by atoms with E-state index in [-0.39, 0.29) is 18.1 Å². The quantitative estimate of drug-likeness (QED) is 0.691. The lowest BCUT2D eigenvalue weighted by atomic mass is 9.96. The number of hydrogen-bond donors (Lipinski definition) is 1. The molecule has 1 saturated heterocycles. The Kier molecular flexibility index (Phi) is 3.97. The Morgan fingerprint density at radius 2 is 2.07 bits per heavy atom. The monoisotopic (exact) mass is 380 g/mol. The lowest BCUT2D eigenvalue weighted by Gasteiger charge is -2.46. The van der Waals surface area contributed by atoms with Crippen molar-refractivity contribution < 1.29 is 9.63 Å². The number of aromatic amines is 1. The first-order valence-electron chi connectivity index (χ1n) is 8.77. The maximum atomic E-state index is 13.0. The number of nitrogens with zero attached hydrogens (tertiary/aromatic N) is 3. The number of H-pyrrole nitrogens is 1. The van der Waals surface area contributed by atoms with Crippen molar-refractivity contribution in [2.45, 2.75) is 12.1 Å². The second kappa shape index (κ2) is 6.49. The Morgan fingerprint density at radius 3 is 2.89 bits per heavy atom. The van der Waals surface area contributed by atoms with Crippen molar-refractivity contribution in [3.63, 3.8) is 0 Å². The van der Waals surface area contributed by atoms with Crippen LogP contribution < -0.4 is 0 Å². The topological polar surface area (TPSA) is 61.5 Å². The lowest BCUT2D eigenvalue weighted by molar-refractivity contribution is -0.232. The van der Waals surface area contributed by atoms with E-state index in [1.165, 1.54) is 5.06 Å². The van der Waals surface area contributed by atoms with E-state index in [1.807, 2.05) is 42.5 Å². The number of carbonyl (C=O) groups is 1. The van der Waals surface area contributed by atoms with E-state index < -0.39 is 0 Å². The number of halogens is 1. The third kappa shape index (κ3) is 2.92. The zero-order valence-corrected chi connectivity index (χ0v) is 15.1. The van der Waals surface area contributed by atoms with Crippen LogP contribution in [0.5, 0.6) is 0 Å². The van der Waals surface area contributed by atoms with Gasteiger partial charge in [-0.3, -0.25) is 19.6 Å². The lowest BCUT2D eigenvalue weighted by Crippen LogP contribution is -2.55. The minimum Gasteiger partial charge on any atom is -0.278 e. The summed E-state index contributed by atoms with van der Waals surface area (Å²) in [5.41, 5.74) is 2.61. The number of fused-ring (bicyclic) bond motifs is 3. The number of amides is 1. The minimum atomic E-state index is -0.227. The molecule has 7 heteroatoms. The van der Waals surface area contributed by atoms with Crippen molar-refractivity contribution in [3.05, 3.63) is 77.0 Å². The van der Waals surface area contributed by atoms with Crippen molar-refractivity contribution in [3.8, 4) is 0 Å². The first-order chi connectivity index (χ1) is 13.2. The van der Waals surface area contributed by atoms with E-state index in [4.69, 9.17) is 16.4 Å². The van der Waals surface area contributed by atoms with E-state index in [9.17, 15) is 4.79 Å². The molecule has 2 aliphatic heterocycles. The number of aromatic nitrogens is 2. The highest BCUT2D eigenvalue weighted by molar-refractivity contribution is 6.30. The molecule has 0 spiro atoms. The number of rotatable bonds is 2. The third-order valence-corrected chi connectivity index (χ3v) is 5.31. The zero-order valence-electron chi connectivity index (χ0n) is 14.4. The number of nitrogens with one attached hydrogen (secondary N) is 1. The van der Waals surface area contributed by atoms with Gasteiger partial charge in [-0.2, -0.15) is 5.10 Å². The van der Waals surface area contributed by atoms with E-state index >= 15 is 0 Å². The molecule has 2 aromatic carbocycles. The summed E-state index contributed by atoms with van der Waals surface area (Å²) < 4.78 is 0. The van der Waals surface area contributed by atoms with Crippen LogP contribution >= 0.6 is 11.6 Å². The first-order valence-corrected chi connectivity index (χ1v) is 9.15. The summed E-state index contributed by atoms with van der Waals surface area (Å²) >= 11 is 6.02. The second-order valence-corrected chi connectivity index (χ2v) is 7.20. The van der Waals surface area contributed by atoms with Crippen LogP contribution in [-0.2, 0) is 4.84 Å². The van der Waals surface area contributed by atoms with Gasteiger partial charge in [-0.25, -0.2) is 5.06 Å². The van der Waals surface area contributed by atoms with Crippen LogP contribution in [0.3, 0.4) is 0 Å². The molecule has 0 saturated carbocycles. The number of hydroxylamine groups is 2. The first kappa shape index (κ1) is 16.5. The van der Waals surface area contributed by atoms with Crippen molar-refractivity contribution in [1.29, 1.82) is 0 Å². The van der Waals surface area contributed by atoms with Crippen LogP contribution in [0.2, 0.25) is 5.02 Å². The Hall–Kier alpha value is -2.67. The average molecular weight is 381 g/mol. The SMILES string of the molecule is O=C(c1ccc2[nH]ncc2c1)N1CN2CC=CC(O1)C2c1ccc(Cl)cc1. The maximum absolute atomic E-state index is 13.0. The molecule has 136 valence electrons. The van der Waals surface area contributed by atoms with Gasteiger partial charge in [-0.1, -0.05) is 35.9 Å². The molecule has 1 N–H and O–H groups in total. The van der Waals surface area contributed by atoms with Crippen molar-refractivity contribution in [2.75, 3.05) is 13.2 Å². The van der Waals surface area contributed by atoms with Gasteiger partial charge >= 0.3 is 0 Å². The predicted molar refractivity (Wildman–Crippen MR) is 102 cm³/mol. The zero-order chi connectivity index (χ0) is 18.4. The smallest absolute Gasteiger partial charge is 0.278 e. The van der Waals surface area contributed by atoms with E-state index in [0.717, 1.165) is 23.0 Å². The molecule has 1 amide bonds. The Bertz CT molecular complexity index is 1030. The molecular formula is C20H17ClN4O2. The Balaban J connectivity index is 1.41. The fourth-order valence-corrected chi connectivity index (χ4v) is 3.86. The molecule has 0 radical (unpaired) electrons. The minimum absolute atomic E-state index is 0.0627. The normalized spacial score (nSPS) is 24.3. The summed E-state index contributed by atoms with van der Waals surface area (Å²) in [6.07, 6.45) is 5.58. The van der Waals surface area contributed by atoms with Crippen molar-refractivity contribution >= 4 is 28.4 Å². The summed E-state index contributed by atoms with van der Waals surface area (Å²) in [6, 6.07) is 13.3. The van der Waals surface area contributed by atoms with E-state index in [0.29, 0.717) is 17.3 Å². The summed E-state index contributed by atoms with van der Waals surface area (Å²) in [4.78, 5) is 21.3. The second-order valence-electron chi connectivity index (χ2n) is 6.76. The molecular weight excluding hydrogens is 364 g/mol. The van der Waals surface area contributed by atoms with E-state index in [1.54, 1.807) is 12.3 Å². The van der Waals surface area contributed by atoms with Crippen LogP contribution in [0.15, 0.2) is 60.8 Å². The highest BCUT2D eigenvalue weighted by Gasteiger charge is 2.39. The maximum Gasteiger partial charge on any atom is 0.278 e. The standard InChI is InChI=1S/C20H17ClN4O2/c21-16-6-3-13(4-7-16)19-18-2-1-9-24(19)12-25(27-18)20(26)14-5-8-17-15(10-14)11-22-23-17/h1-8,10-11,18-19H,9,12H2,(H,22,23). The summed E-state index contributed by atoms with van der Waals surface area (Å²) in [5.74, 6) is -0.155. The van der Waals surface area contributed by atoms with Gasteiger partial charge in [0.05, 0.1) is 17.8 Å². The molecule has 3 unspecified atom stereocenters. The van der Waals surface area contributed by atoms with Crippen LogP contribution in [0, 0.1) is 0 Å². The van der Waals surface area contributed by atoms with Crippen LogP contribution in [0.1, 0.15) is 22.0 Å². The fourth-order valence-electron chi connectivity index (χ4n) is 3.73. The molecule has 1 fully saturated rings. The van der Waals surface area contributed by atoms with E-state index in [2.05, 4.69) is 21.2 Å². The molecule has 3 aromatic rings. The van der Waals surface area contributed by atoms with Gasteiger partial charge in [0, 0.05) is 22.5 Å². The van der Waals surface area contributed by atoms with Gasteiger partial charge in [0.25, 0.3) is 5.91 Å². The molecule has 27 heavy (non-hydrogen) atoms. The van der Waals surface area contributed by atoms with Crippen LogP contribution in [0.4, 0.5) is 0 Å². The molecule has 5 rings (SSSR count). The van der Waals surface area contributed by atoms with Crippen molar-refractivity contribution in [1.82, 2.24) is 20.2 Å². The molecule has 2 bridgehead atoms. The Morgan fingerprint density at radius 1 is 1.22 bits per heavy atom. The molecule has 6 nitrogen and oxygen atoms in total. The largest absolute Gasteiger partial charge is 0.278 e. The molecule has 2 aliphatic rings. The molecule has 1 aromatic heterocycles. The van der Waals surface area contributed by atoms with Gasteiger partial charge < -0.3 is 0 Å². The van der Waals surface area contributed by atoms with Gasteiger partial charge in [-0.05, 0) is 35.9 Å². The highest BCUT2D eigenvalue weighted by Crippen LogP contribution is 2.35. The number of hydrogen-bond acceptors (Lipinski definition) is 4. The summed E-state index contributed by atoms with van der Waals surface area (Å²) in [7, 11) is 0. The van der Waals surface area contributed by atoms with Gasteiger partial charge in [-0.15, -0.1) is 0 Å². The predicted octanol–water partition coefficient (Wildman–Crippen LogP) is 3.54. The number of carbonyl (C=O) groups excluding carboxylic acids is 1. The highest BCUT2D eigenvalue weighted by atomic mass is 35.5. The third-order valence-electron chi connectivity index (χ3n) is 5.05. The summed E-state index contributed by atoms with van der Waals surface area (Å²) in [6.45, 7) is 1.16. The Labute approximate surface area is 160 Å². The number of benzene rings is 2. The molecule has 0 aliphatic carbocycles. The van der Waals surface area contributed by atoms with Crippen molar-refractivity contribution in [2.24, 2.45) is 0 Å². The molecule has 3 atom stereocenters. The van der Waals surface area contributed by atoms with Crippen LogP contribution in [-0.4, -0.2) is 45.4 Å².